The first-order chi connectivity index (χ1) is 9.74. The number of rotatable bonds is 6. The van der Waals surface area contributed by atoms with Gasteiger partial charge in [-0.15, -0.1) is 6.58 Å². The van der Waals surface area contributed by atoms with Crippen LogP contribution in [0.2, 0.25) is 0 Å². The molecule has 1 aliphatic heterocycles. The van der Waals surface area contributed by atoms with E-state index in [-0.39, 0.29) is 12.0 Å². The third-order valence-electron chi connectivity index (χ3n) is 4.44. The molecule has 0 spiro atoms. The highest BCUT2D eigenvalue weighted by Crippen LogP contribution is 2.38. The second-order valence-corrected chi connectivity index (χ2v) is 6.29. The van der Waals surface area contributed by atoms with Crippen molar-refractivity contribution in [2.24, 2.45) is 5.41 Å². The van der Waals surface area contributed by atoms with Gasteiger partial charge in [-0.2, -0.15) is 4.98 Å². The first-order valence-corrected chi connectivity index (χ1v) is 7.51. The number of hydrogen-bond donors (Lipinski definition) is 1. The number of likely N-dealkylation sites (tertiary alicyclic amines) is 1. The zero-order chi connectivity index (χ0) is 14.0. The average molecular weight is 277 g/mol. The van der Waals surface area contributed by atoms with Crippen molar-refractivity contribution in [2.45, 2.75) is 44.6 Å². The lowest BCUT2D eigenvalue weighted by Gasteiger charge is -2.40. The van der Waals surface area contributed by atoms with Crippen LogP contribution in [0.15, 0.2) is 17.2 Å². The molecule has 5 nitrogen and oxygen atoms in total. The normalized spacial score (nSPS) is 27.6. The Morgan fingerprint density at radius 2 is 2.35 bits per heavy atom. The molecule has 2 heterocycles. The van der Waals surface area contributed by atoms with Crippen LogP contribution in [0.1, 0.15) is 49.7 Å². The van der Waals surface area contributed by atoms with Gasteiger partial charge in [0.2, 0.25) is 5.89 Å². The van der Waals surface area contributed by atoms with Gasteiger partial charge in [0.25, 0.3) is 0 Å². The quantitative estimate of drug-likeness (QED) is 0.807. The van der Waals surface area contributed by atoms with Gasteiger partial charge in [-0.3, -0.25) is 4.90 Å². The van der Waals surface area contributed by atoms with Crippen LogP contribution in [0.4, 0.5) is 0 Å². The number of aliphatic hydroxyl groups is 1. The topological polar surface area (TPSA) is 62.4 Å². The summed E-state index contributed by atoms with van der Waals surface area (Å²) < 4.78 is 5.35. The summed E-state index contributed by atoms with van der Waals surface area (Å²) in [6.07, 6.45) is 7.31. The van der Waals surface area contributed by atoms with Crippen molar-refractivity contribution in [2.75, 3.05) is 19.7 Å². The Hall–Kier alpha value is -1.20. The van der Waals surface area contributed by atoms with E-state index < -0.39 is 0 Å². The first-order valence-electron chi connectivity index (χ1n) is 7.51. The summed E-state index contributed by atoms with van der Waals surface area (Å²) in [5, 5.41) is 13.8. The lowest BCUT2D eigenvalue weighted by atomic mass is 9.78. The number of nitrogens with zero attached hydrogens (tertiary/aromatic N) is 3. The van der Waals surface area contributed by atoms with Crippen LogP contribution >= 0.6 is 0 Å². The second-order valence-electron chi connectivity index (χ2n) is 6.29. The van der Waals surface area contributed by atoms with Crippen LogP contribution in [-0.4, -0.2) is 39.8 Å². The molecule has 2 fully saturated rings. The summed E-state index contributed by atoms with van der Waals surface area (Å²) in [5.74, 6) is 2.11. The van der Waals surface area contributed by atoms with Crippen LogP contribution < -0.4 is 0 Å². The lowest BCUT2D eigenvalue weighted by Crippen LogP contribution is -2.44. The van der Waals surface area contributed by atoms with Crippen LogP contribution in [-0.2, 0) is 6.54 Å². The van der Waals surface area contributed by atoms with Gasteiger partial charge in [0.15, 0.2) is 5.82 Å². The highest BCUT2D eigenvalue weighted by Gasteiger charge is 2.35. The molecular weight excluding hydrogens is 254 g/mol. The summed E-state index contributed by atoms with van der Waals surface area (Å²) >= 11 is 0. The Bertz CT molecular complexity index is 469. The molecule has 1 saturated carbocycles. The molecule has 1 unspecified atom stereocenters. The van der Waals surface area contributed by atoms with Gasteiger partial charge in [-0.05, 0) is 38.6 Å². The molecule has 5 heteroatoms. The molecule has 110 valence electrons. The van der Waals surface area contributed by atoms with E-state index in [0.29, 0.717) is 18.4 Å². The van der Waals surface area contributed by atoms with Crippen molar-refractivity contribution in [3.05, 3.63) is 24.4 Å². The summed E-state index contributed by atoms with van der Waals surface area (Å²) in [4.78, 5) is 6.80. The van der Waals surface area contributed by atoms with Crippen LogP contribution in [0.25, 0.3) is 0 Å². The molecule has 1 saturated heterocycles. The standard InChI is InChI=1S/C15H23N3O2/c1-2-6-15(11-19)7-3-8-18(10-15)9-13-16-14(17-20-13)12-4-5-12/h2,12,19H,1,3-11H2. The lowest BCUT2D eigenvalue weighted by molar-refractivity contribution is 0.0266. The molecule has 3 rings (SSSR count). The molecular formula is C15H23N3O2. The number of allylic oxidation sites excluding steroid dienone is 1. The van der Waals surface area contributed by atoms with E-state index in [2.05, 4.69) is 21.6 Å². The van der Waals surface area contributed by atoms with E-state index in [4.69, 9.17) is 4.52 Å². The van der Waals surface area contributed by atoms with Crippen molar-refractivity contribution in [1.82, 2.24) is 15.0 Å². The van der Waals surface area contributed by atoms with Crippen LogP contribution in [0.5, 0.6) is 0 Å². The minimum Gasteiger partial charge on any atom is -0.396 e. The SMILES string of the molecule is C=CCC1(CO)CCCN(Cc2nc(C3CC3)no2)C1. The fourth-order valence-electron chi connectivity index (χ4n) is 3.14. The Morgan fingerprint density at radius 1 is 1.50 bits per heavy atom. The minimum absolute atomic E-state index is 0.0423. The highest BCUT2D eigenvalue weighted by atomic mass is 16.5. The largest absolute Gasteiger partial charge is 0.396 e. The summed E-state index contributed by atoms with van der Waals surface area (Å²) in [6, 6.07) is 0. The maximum Gasteiger partial charge on any atom is 0.240 e. The number of aliphatic hydroxyl groups excluding tert-OH is 1. The molecule has 1 aromatic heterocycles. The Labute approximate surface area is 119 Å². The van der Waals surface area contributed by atoms with Crippen molar-refractivity contribution < 1.29 is 9.63 Å². The van der Waals surface area contributed by atoms with Crippen molar-refractivity contribution >= 4 is 0 Å². The monoisotopic (exact) mass is 277 g/mol. The predicted molar refractivity (Wildman–Crippen MR) is 75.1 cm³/mol. The minimum atomic E-state index is -0.0423. The third kappa shape index (κ3) is 2.94. The zero-order valence-corrected chi connectivity index (χ0v) is 11.9. The van der Waals surface area contributed by atoms with E-state index in [0.717, 1.165) is 38.2 Å². The van der Waals surface area contributed by atoms with Gasteiger partial charge in [-0.25, -0.2) is 0 Å². The smallest absolute Gasteiger partial charge is 0.240 e. The van der Waals surface area contributed by atoms with E-state index in [1.165, 1.54) is 12.8 Å². The van der Waals surface area contributed by atoms with Gasteiger partial charge < -0.3 is 9.63 Å². The second kappa shape index (κ2) is 5.66. The van der Waals surface area contributed by atoms with Gasteiger partial charge in [0.1, 0.15) is 0 Å². The highest BCUT2D eigenvalue weighted by molar-refractivity contribution is 5.03. The van der Waals surface area contributed by atoms with Crippen molar-refractivity contribution in [3.63, 3.8) is 0 Å². The van der Waals surface area contributed by atoms with Gasteiger partial charge >= 0.3 is 0 Å². The van der Waals surface area contributed by atoms with Crippen molar-refractivity contribution in [1.29, 1.82) is 0 Å². The molecule has 1 aliphatic carbocycles. The summed E-state index contributed by atoms with van der Waals surface area (Å²) in [6.45, 7) is 6.62. The maximum absolute atomic E-state index is 9.72. The molecule has 0 amide bonds. The van der Waals surface area contributed by atoms with Crippen LogP contribution in [0.3, 0.4) is 0 Å². The zero-order valence-electron chi connectivity index (χ0n) is 11.9. The Balaban J connectivity index is 1.62. The average Bonchev–Trinajstić information content (AvgIpc) is 3.20. The summed E-state index contributed by atoms with van der Waals surface area (Å²) in [7, 11) is 0. The molecule has 0 bridgehead atoms. The molecule has 1 atom stereocenters. The molecule has 0 radical (unpaired) electrons. The van der Waals surface area contributed by atoms with E-state index >= 15 is 0 Å². The molecule has 2 aliphatic rings. The van der Waals surface area contributed by atoms with Crippen LogP contribution in [0, 0.1) is 5.41 Å². The fraction of sp³-hybridized carbons (Fsp3) is 0.733. The van der Waals surface area contributed by atoms with E-state index in [1.54, 1.807) is 0 Å². The molecule has 0 aromatic carbocycles. The fourth-order valence-corrected chi connectivity index (χ4v) is 3.14. The number of hydrogen-bond acceptors (Lipinski definition) is 5. The maximum atomic E-state index is 9.72. The Kier molecular flexibility index (Phi) is 3.89. The van der Waals surface area contributed by atoms with E-state index in [1.807, 2.05) is 6.08 Å². The molecule has 20 heavy (non-hydrogen) atoms. The van der Waals surface area contributed by atoms with Gasteiger partial charge in [-0.1, -0.05) is 11.2 Å². The molecule has 1 aromatic rings. The van der Waals surface area contributed by atoms with Crippen molar-refractivity contribution in [3.8, 4) is 0 Å². The van der Waals surface area contributed by atoms with E-state index in [9.17, 15) is 5.11 Å². The first kappa shape index (κ1) is 13.8. The molecule has 1 N–H and O–H groups in total. The summed E-state index contributed by atoms with van der Waals surface area (Å²) in [5.41, 5.74) is -0.0423. The third-order valence-corrected chi connectivity index (χ3v) is 4.44. The van der Waals surface area contributed by atoms with Gasteiger partial charge in [0.05, 0.1) is 13.2 Å². The number of piperidine rings is 1. The number of aromatic nitrogens is 2. The predicted octanol–water partition coefficient (Wildman–Crippen LogP) is 2.10. The Morgan fingerprint density at radius 3 is 3.05 bits per heavy atom. The van der Waals surface area contributed by atoms with Gasteiger partial charge in [0, 0.05) is 17.9 Å².